The summed E-state index contributed by atoms with van der Waals surface area (Å²) < 4.78 is 53.6. The number of carbonyl (C=O) groups is 1. The number of halogens is 5. The molecular formula is C7H5ClF4O2. The van der Waals surface area contributed by atoms with E-state index in [0.29, 0.717) is 0 Å². The van der Waals surface area contributed by atoms with Crippen molar-refractivity contribution in [3.63, 3.8) is 0 Å². The third kappa shape index (κ3) is 1.37. The van der Waals surface area contributed by atoms with Gasteiger partial charge in [0.05, 0.1) is 5.92 Å². The van der Waals surface area contributed by atoms with E-state index in [1.807, 2.05) is 0 Å². The molecule has 1 rings (SSSR count). The van der Waals surface area contributed by atoms with E-state index in [-0.39, 0.29) is 0 Å². The Morgan fingerprint density at radius 3 is 2.21 bits per heavy atom. The van der Waals surface area contributed by atoms with E-state index in [1.165, 1.54) is 0 Å². The summed E-state index contributed by atoms with van der Waals surface area (Å²) in [5, 5.41) is 0. The maximum absolute atomic E-state index is 12.7. The lowest BCUT2D eigenvalue weighted by Crippen LogP contribution is -2.59. The average molecular weight is 233 g/mol. The topological polar surface area (TPSA) is 26.3 Å². The van der Waals surface area contributed by atoms with E-state index in [0.717, 1.165) is 0 Å². The molecule has 0 aromatic carbocycles. The van der Waals surface area contributed by atoms with Gasteiger partial charge in [-0.15, -0.1) is 0 Å². The highest BCUT2D eigenvalue weighted by atomic mass is 35.5. The molecule has 7 heteroatoms. The number of rotatable bonds is 2. The number of hydrogen-bond donors (Lipinski definition) is 0. The van der Waals surface area contributed by atoms with Gasteiger partial charge in [-0.1, -0.05) is 6.58 Å². The first-order valence-corrected chi connectivity index (χ1v) is 3.82. The van der Waals surface area contributed by atoms with Crippen LogP contribution in [0.2, 0.25) is 0 Å². The Hall–Kier alpha value is -0.780. The second-order valence-corrected chi connectivity index (χ2v) is 3.13. The molecule has 1 aliphatic carbocycles. The van der Waals surface area contributed by atoms with Crippen LogP contribution in [0.5, 0.6) is 0 Å². The lowest BCUT2D eigenvalue weighted by Gasteiger charge is -2.43. The van der Waals surface area contributed by atoms with Crippen LogP contribution in [-0.2, 0) is 9.08 Å². The fourth-order valence-corrected chi connectivity index (χ4v) is 1.28. The van der Waals surface area contributed by atoms with Gasteiger partial charge in [-0.2, -0.15) is 17.6 Å². The predicted octanol–water partition coefficient (Wildman–Crippen LogP) is 2.53. The van der Waals surface area contributed by atoms with Crippen molar-refractivity contribution in [3.8, 4) is 0 Å². The van der Waals surface area contributed by atoms with E-state index in [9.17, 15) is 22.4 Å². The highest BCUT2D eigenvalue weighted by molar-refractivity contribution is 6.15. The molecule has 1 atom stereocenters. The van der Waals surface area contributed by atoms with Gasteiger partial charge in [0.1, 0.15) is 11.9 Å². The Morgan fingerprint density at radius 1 is 1.43 bits per heavy atom. The second-order valence-electron chi connectivity index (χ2n) is 2.97. The monoisotopic (exact) mass is 232 g/mol. The second kappa shape index (κ2) is 3.12. The van der Waals surface area contributed by atoms with Gasteiger partial charge in [0.15, 0.2) is 0 Å². The average Bonchev–Trinajstić information content (AvgIpc) is 2.11. The Morgan fingerprint density at radius 2 is 1.93 bits per heavy atom. The zero-order chi connectivity index (χ0) is 11.1. The summed E-state index contributed by atoms with van der Waals surface area (Å²) in [6.45, 7) is 2.94. The van der Waals surface area contributed by atoms with Crippen LogP contribution in [0.3, 0.4) is 0 Å². The minimum atomic E-state index is -4.25. The van der Waals surface area contributed by atoms with Gasteiger partial charge in [-0.25, -0.2) is 4.79 Å². The molecule has 2 nitrogen and oxygen atoms in total. The van der Waals surface area contributed by atoms with Crippen molar-refractivity contribution in [2.24, 2.45) is 5.92 Å². The fourth-order valence-electron chi connectivity index (χ4n) is 1.18. The van der Waals surface area contributed by atoms with Crippen molar-refractivity contribution in [2.45, 2.75) is 18.3 Å². The molecule has 0 saturated heterocycles. The fraction of sp³-hybridized carbons (Fsp3) is 0.571. The van der Waals surface area contributed by atoms with E-state index in [4.69, 9.17) is 0 Å². The van der Waals surface area contributed by atoms with E-state index in [1.54, 1.807) is 0 Å². The summed E-state index contributed by atoms with van der Waals surface area (Å²) in [4.78, 5) is 10.6. The SMILES string of the molecule is C=C(C(=O)OCl)C1CC(F)(F)C1(F)F. The highest BCUT2D eigenvalue weighted by Gasteiger charge is 2.72. The maximum atomic E-state index is 12.7. The Labute approximate surface area is 81.6 Å². The normalized spacial score (nSPS) is 27.6. The van der Waals surface area contributed by atoms with Gasteiger partial charge in [0, 0.05) is 12.0 Å². The van der Waals surface area contributed by atoms with E-state index in [2.05, 4.69) is 22.7 Å². The van der Waals surface area contributed by atoms with Crippen LogP contribution in [0.1, 0.15) is 6.42 Å². The third-order valence-corrected chi connectivity index (χ3v) is 2.28. The maximum Gasteiger partial charge on any atom is 0.352 e. The summed E-state index contributed by atoms with van der Waals surface area (Å²) >= 11 is 4.59. The first-order chi connectivity index (χ1) is 6.24. The van der Waals surface area contributed by atoms with Gasteiger partial charge in [0.25, 0.3) is 0 Å². The smallest absolute Gasteiger partial charge is 0.343 e. The molecule has 0 spiro atoms. The van der Waals surface area contributed by atoms with Crippen molar-refractivity contribution in [2.75, 3.05) is 0 Å². The third-order valence-electron chi connectivity index (χ3n) is 2.14. The van der Waals surface area contributed by atoms with Crippen LogP contribution in [0, 0.1) is 5.92 Å². The predicted molar refractivity (Wildman–Crippen MR) is 39.1 cm³/mol. The Balaban J connectivity index is 2.77. The molecule has 0 amide bonds. The number of hydrogen-bond acceptors (Lipinski definition) is 2. The van der Waals surface area contributed by atoms with Crippen LogP contribution >= 0.6 is 11.9 Å². The Bertz CT molecular complexity index is 289. The molecule has 1 aliphatic rings. The van der Waals surface area contributed by atoms with Gasteiger partial charge < -0.3 is 4.29 Å². The van der Waals surface area contributed by atoms with Gasteiger partial charge >= 0.3 is 17.8 Å². The first kappa shape index (κ1) is 11.3. The van der Waals surface area contributed by atoms with Crippen molar-refractivity contribution >= 4 is 17.8 Å². The Kier molecular flexibility index (Phi) is 2.51. The molecule has 0 radical (unpaired) electrons. The first-order valence-electron chi connectivity index (χ1n) is 3.51. The number of carbonyl (C=O) groups excluding carboxylic acids is 1. The molecule has 0 aliphatic heterocycles. The van der Waals surface area contributed by atoms with Crippen LogP contribution in [0.15, 0.2) is 12.2 Å². The lowest BCUT2D eigenvalue weighted by molar-refractivity contribution is -0.303. The molecule has 0 aromatic rings. The van der Waals surface area contributed by atoms with E-state index >= 15 is 0 Å². The summed E-state index contributed by atoms with van der Waals surface area (Å²) in [5.41, 5.74) is -0.740. The molecule has 14 heavy (non-hydrogen) atoms. The largest absolute Gasteiger partial charge is 0.352 e. The van der Waals surface area contributed by atoms with Crippen molar-refractivity contribution < 1.29 is 26.6 Å². The zero-order valence-corrected chi connectivity index (χ0v) is 7.45. The summed E-state index contributed by atoms with van der Waals surface area (Å²) in [6, 6.07) is 0. The molecule has 0 bridgehead atoms. The highest BCUT2D eigenvalue weighted by Crippen LogP contribution is 2.57. The van der Waals surface area contributed by atoms with E-state index < -0.39 is 35.7 Å². The van der Waals surface area contributed by atoms with Crippen LogP contribution in [0.4, 0.5) is 17.6 Å². The summed E-state index contributed by atoms with van der Waals surface area (Å²) in [7, 11) is 0. The number of alkyl halides is 4. The molecule has 80 valence electrons. The summed E-state index contributed by atoms with van der Waals surface area (Å²) in [6.07, 6.45) is -1.12. The minimum Gasteiger partial charge on any atom is -0.343 e. The van der Waals surface area contributed by atoms with Gasteiger partial charge in [-0.3, -0.25) is 0 Å². The summed E-state index contributed by atoms with van der Waals surface area (Å²) in [5.74, 6) is -11.6. The van der Waals surface area contributed by atoms with Gasteiger partial charge in [0.2, 0.25) is 0 Å². The van der Waals surface area contributed by atoms with Crippen molar-refractivity contribution in [3.05, 3.63) is 12.2 Å². The van der Waals surface area contributed by atoms with Crippen molar-refractivity contribution in [1.82, 2.24) is 0 Å². The van der Waals surface area contributed by atoms with Crippen LogP contribution in [0.25, 0.3) is 0 Å². The molecule has 0 N–H and O–H groups in total. The molecule has 0 heterocycles. The molecule has 1 saturated carbocycles. The van der Waals surface area contributed by atoms with Crippen LogP contribution < -0.4 is 0 Å². The van der Waals surface area contributed by atoms with Crippen LogP contribution in [-0.4, -0.2) is 17.8 Å². The van der Waals surface area contributed by atoms with Gasteiger partial charge in [-0.05, 0) is 0 Å². The minimum absolute atomic E-state index is 0.740. The zero-order valence-electron chi connectivity index (χ0n) is 6.70. The lowest BCUT2D eigenvalue weighted by atomic mass is 9.73. The van der Waals surface area contributed by atoms with Crippen molar-refractivity contribution in [1.29, 1.82) is 0 Å². The standard InChI is InChI=1S/C7H5ClF4O2/c1-3(5(13)14-8)4-2-6(9,10)7(4,11)12/h4H,1-2H2. The molecular weight excluding hydrogens is 228 g/mol. The molecule has 1 fully saturated rings. The molecule has 0 aromatic heterocycles. The quantitative estimate of drug-likeness (QED) is 0.540. The molecule has 1 unspecified atom stereocenters.